The Morgan fingerprint density at radius 1 is 1.38 bits per heavy atom. The van der Waals surface area contributed by atoms with E-state index >= 15 is 0 Å². The molecule has 1 aromatic heterocycles. The van der Waals surface area contributed by atoms with Gasteiger partial charge in [0.1, 0.15) is 4.21 Å². The van der Waals surface area contributed by atoms with Gasteiger partial charge in [-0.15, -0.1) is 11.3 Å². The van der Waals surface area contributed by atoms with Crippen LogP contribution in [-0.4, -0.2) is 38.0 Å². The predicted octanol–water partition coefficient (Wildman–Crippen LogP) is 1.55. The van der Waals surface area contributed by atoms with E-state index < -0.39 is 10.0 Å². The second-order valence-electron chi connectivity index (χ2n) is 4.01. The lowest BCUT2D eigenvalue weighted by Gasteiger charge is -2.34. The van der Waals surface area contributed by atoms with E-state index in [1.165, 1.54) is 15.6 Å². The number of hydrogen-bond donors (Lipinski definition) is 0. The highest BCUT2D eigenvalue weighted by molar-refractivity contribution is 7.91. The number of morpholine rings is 1. The number of hydrogen-bond acceptors (Lipinski definition) is 4. The van der Waals surface area contributed by atoms with Crippen molar-refractivity contribution in [1.29, 1.82) is 0 Å². The molecule has 6 heteroatoms. The van der Waals surface area contributed by atoms with Crippen molar-refractivity contribution in [3.05, 3.63) is 17.5 Å². The standard InChI is InChI=1S/C10H15NO3S2/c1-8-6-11(7-9(2)14-8)16(12,13)10-4-3-5-15-10/h3-5,8-9H,6-7H2,1-2H3/t8-,9+. The van der Waals surface area contributed by atoms with Crippen LogP contribution < -0.4 is 0 Å². The van der Waals surface area contributed by atoms with Crippen molar-refractivity contribution in [2.24, 2.45) is 0 Å². The Hall–Kier alpha value is -0.430. The fraction of sp³-hybridized carbons (Fsp3) is 0.600. The van der Waals surface area contributed by atoms with E-state index in [1.54, 1.807) is 17.5 Å². The van der Waals surface area contributed by atoms with Crippen LogP contribution in [-0.2, 0) is 14.8 Å². The van der Waals surface area contributed by atoms with Gasteiger partial charge in [0, 0.05) is 13.1 Å². The summed E-state index contributed by atoms with van der Waals surface area (Å²) in [7, 11) is -3.31. The summed E-state index contributed by atoms with van der Waals surface area (Å²) >= 11 is 1.26. The average molecular weight is 261 g/mol. The molecule has 0 spiro atoms. The molecule has 1 aromatic rings. The van der Waals surface area contributed by atoms with Crippen LogP contribution in [0, 0.1) is 0 Å². The smallest absolute Gasteiger partial charge is 0.252 e. The van der Waals surface area contributed by atoms with Crippen LogP contribution in [0.5, 0.6) is 0 Å². The maximum absolute atomic E-state index is 12.2. The Balaban J connectivity index is 2.24. The molecule has 0 aliphatic carbocycles. The molecule has 0 unspecified atom stereocenters. The lowest BCUT2D eigenvalue weighted by Crippen LogP contribution is -2.47. The van der Waals surface area contributed by atoms with Crippen LogP contribution in [0.1, 0.15) is 13.8 Å². The number of nitrogens with zero attached hydrogens (tertiary/aromatic N) is 1. The highest BCUT2D eigenvalue weighted by Gasteiger charge is 2.32. The second-order valence-corrected chi connectivity index (χ2v) is 7.12. The average Bonchev–Trinajstić information content (AvgIpc) is 2.69. The summed E-state index contributed by atoms with van der Waals surface area (Å²) in [6.45, 7) is 4.66. The van der Waals surface area contributed by atoms with Crippen molar-refractivity contribution < 1.29 is 13.2 Å². The zero-order valence-electron chi connectivity index (χ0n) is 9.29. The number of ether oxygens (including phenoxy) is 1. The van der Waals surface area contributed by atoms with E-state index in [0.717, 1.165) is 0 Å². The van der Waals surface area contributed by atoms with Crippen molar-refractivity contribution in [2.75, 3.05) is 13.1 Å². The van der Waals surface area contributed by atoms with Crippen LogP contribution >= 0.6 is 11.3 Å². The molecular formula is C10H15NO3S2. The molecule has 90 valence electrons. The third-order valence-electron chi connectivity index (χ3n) is 2.48. The first-order valence-corrected chi connectivity index (χ1v) is 7.51. The summed E-state index contributed by atoms with van der Waals surface area (Å²) < 4.78 is 31.9. The largest absolute Gasteiger partial charge is 0.373 e. The molecule has 1 fully saturated rings. The van der Waals surface area contributed by atoms with Crippen LogP contribution in [0.3, 0.4) is 0 Å². The van der Waals surface area contributed by atoms with Gasteiger partial charge in [-0.2, -0.15) is 4.31 Å². The molecule has 0 aromatic carbocycles. The molecule has 16 heavy (non-hydrogen) atoms. The molecular weight excluding hydrogens is 246 g/mol. The van der Waals surface area contributed by atoms with Gasteiger partial charge in [0.2, 0.25) is 0 Å². The minimum atomic E-state index is -3.31. The molecule has 0 bridgehead atoms. The third kappa shape index (κ3) is 2.29. The molecule has 1 aliphatic heterocycles. The number of sulfonamides is 1. The maximum atomic E-state index is 12.2. The Morgan fingerprint density at radius 2 is 2.00 bits per heavy atom. The summed E-state index contributed by atoms with van der Waals surface area (Å²) in [5.74, 6) is 0. The normalized spacial score (nSPS) is 28.1. The quantitative estimate of drug-likeness (QED) is 0.811. The van der Waals surface area contributed by atoms with E-state index in [1.807, 2.05) is 13.8 Å². The van der Waals surface area contributed by atoms with Gasteiger partial charge < -0.3 is 4.74 Å². The van der Waals surface area contributed by atoms with E-state index in [2.05, 4.69) is 0 Å². The van der Waals surface area contributed by atoms with Crippen LogP contribution in [0.2, 0.25) is 0 Å². The summed E-state index contributed by atoms with van der Waals surface area (Å²) in [6.07, 6.45) is -0.0861. The van der Waals surface area contributed by atoms with Crippen molar-refractivity contribution in [3.63, 3.8) is 0 Å². The van der Waals surface area contributed by atoms with Gasteiger partial charge in [0.15, 0.2) is 0 Å². The molecule has 0 radical (unpaired) electrons. The second kappa shape index (κ2) is 4.44. The minimum Gasteiger partial charge on any atom is -0.373 e. The van der Waals surface area contributed by atoms with Crippen molar-refractivity contribution in [3.8, 4) is 0 Å². The van der Waals surface area contributed by atoms with E-state index in [4.69, 9.17) is 4.74 Å². The van der Waals surface area contributed by atoms with Crippen molar-refractivity contribution in [1.82, 2.24) is 4.31 Å². The van der Waals surface area contributed by atoms with Gasteiger partial charge in [-0.3, -0.25) is 0 Å². The Bertz CT molecular complexity index is 431. The van der Waals surface area contributed by atoms with Crippen LogP contribution in [0.15, 0.2) is 21.7 Å². The molecule has 1 saturated heterocycles. The van der Waals surface area contributed by atoms with Gasteiger partial charge in [-0.25, -0.2) is 8.42 Å². The Labute approximate surface area is 99.9 Å². The Kier molecular flexibility index (Phi) is 3.34. The fourth-order valence-corrected chi connectivity index (χ4v) is 4.60. The summed E-state index contributed by atoms with van der Waals surface area (Å²) in [5.41, 5.74) is 0. The predicted molar refractivity (Wildman–Crippen MR) is 63.1 cm³/mol. The molecule has 2 atom stereocenters. The molecule has 2 rings (SSSR count). The van der Waals surface area contributed by atoms with E-state index in [-0.39, 0.29) is 12.2 Å². The SMILES string of the molecule is C[C@@H]1CN(S(=O)(=O)c2cccs2)C[C@H](C)O1. The first-order chi connectivity index (χ1) is 7.50. The summed E-state index contributed by atoms with van der Waals surface area (Å²) in [5, 5.41) is 1.78. The lowest BCUT2D eigenvalue weighted by molar-refractivity contribution is -0.0440. The van der Waals surface area contributed by atoms with Crippen molar-refractivity contribution >= 4 is 21.4 Å². The lowest BCUT2D eigenvalue weighted by atomic mass is 10.3. The van der Waals surface area contributed by atoms with Gasteiger partial charge >= 0.3 is 0 Å². The monoisotopic (exact) mass is 261 g/mol. The summed E-state index contributed by atoms with van der Waals surface area (Å²) in [4.78, 5) is 0. The van der Waals surface area contributed by atoms with E-state index in [9.17, 15) is 8.42 Å². The zero-order valence-corrected chi connectivity index (χ0v) is 10.9. The first kappa shape index (κ1) is 12.0. The van der Waals surface area contributed by atoms with Crippen LogP contribution in [0.25, 0.3) is 0 Å². The number of thiophene rings is 1. The molecule has 4 nitrogen and oxygen atoms in total. The minimum absolute atomic E-state index is 0.0431. The van der Waals surface area contributed by atoms with Gasteiger partial charge in [-0.05, 0) is 25.3 Å². The molecule has 0 N–H and O–H groups in total. The van der Waals surface area contributed by atoms with Crippen LogP contribution in [0.4, 0.5) is 0 Å². The van der Waals surface area contributed by atoms with Gasteiger partial charge in [0.05, 0.1) is 12.2 Å². The third-order valence-corrected chi connectivity index (χ3v) is 5.68. The summed E-state index contributed by atoms with van der Waals surface area (Å²) in [6, 6.07) is 3.40. The Morgan fingerprint density at radius 3 is 2.50 bits per heavy atom. The van der Waals surface area contributed by atoms with Crippen molar-refractivity contribution in [2.45, 2.75) is 30.3 Å². The molecule has 0 saturated carbocycles. The molecule has 1 aliphatic rings. The first-order valence-electron chi connectivity index (χ1n) is 5.19. The molecule has 0 amide bonds. The number of rotatable bonds is 2. The highest BCUT2D eigenvalue weighted by Crippen LogP contribution is 2.24. The van der Waals surface area contributed by atoms with Gasteiger partial charge in [0.25, 0.3) is 10.0 Å². The topological polar surface area (TPSA) is 46.6 Å². The maximum Gasteiger partial charge on any atom is 0.252 e. The zero-order chi connectivity index (χ0) is 11.8. The molecule has 2 heterocycles. The highest BCUT2D eigenvalue weighted by atomic mass is 32.2. The fourth-order valence-electron chi connectivity index (χ4n) is 1.86. The van der Waals surface area contributed by atoms with Gasteiger partial charge in [-0.1, -0.05) is 6.07 Å². The van der Waals surface area contributed by atoms with E-state index in [0.29, 0.717) is 17.3 Å².